The highest BCUT2D eigenvalue weighted by Gasteiger charge is 2.34. The van der Waals surface area contributed by atoms with E-state index >= 15 is 0 Å². The molecule has 2 aromatic rings. The zero-order valence-corrected chi connectivity index (χ0v) is 21.9. The molecule has 0 spiro atoms. The molecule has 0 saturated heterocycles. The molecule has 39 heavy (non-hydrogen) atoms. The summed E-state index contributed by atoms with van der Waals surface area (Å²) >= 11 is 0. The van der Waals surface area contributed by atoms with E-state index < -0.39 is 57.8 Å². The molecule has 0 bridgehead atoms. The molecule has 1 aliphatic carbocycles. The van der Waals surface area contributed by atoms with E-state index in [0.29, 0.717) is 17.2 Å². The minimum Gasteiger partial charge on any atom is -0.454 e. The Morgan fingerprint density at radius 2 is 1.77 bits per heavy atom. The number of hydrogen-bond donors (Lipinski definition) is 2. The lowest BCUT2D eigenvalue weighted by Gasteiger charge is -2.30. The molecule has 9 nitrogen and oxygen atoms in total. The normalized spacial score (nSPS) is 16.4. The monoisotopic (exact) mass is 567 g/mol. The Balaban J connectivity index is 1.46. The number of amides is 3. The van der Waals surface area contributed by atoms with Gasteiger partial charge in [-0.15, -0.1) is 0 Å². The first-order valence-electron chi connectivity index (χ1n) is 12.4. The van der Waals surface area contributed by atoms with Crippen LogP contribution < -0.4 is 25.0 Å². The number of nitrogens with zero attached hydrogens (tertiary/aromatic N) is 1. The molecular formula is C26H28F3N3O6S. The summed E-state index contributed by atoms with van der Waals surface area (Å²) in [6.07, 6.45) is -1.22. The maximum atomic E-state index is 13.4. The van der Waals surface area contributed by atoms with Crippen molar-refractivity contribution in [3.8, 4) is 11.5 Å². The summed E-state index contributed by atoms with van der Waals surface area (Å²) in [5, 5.41) is 5.41. The van der Waals surface area contributed by atoms with E-state index in [0.717, 1.165) is 48.8 Å². The Bertz CT molecular complexity index is 1270. The van der Waals surface area contributed by atoms with Crippen LogP contribution in [0.2, 0.25) is 0 Å². The summed E-state index contributed by atoms with van der Waals surface area (Å²) in [4.78, 5) is 39.6. The lowest BCUT2D eigenvalue weighted by molar-refractivity contribution is -0.137. The number of anilines is 2. The number of carbonyl (C=O) groups is 3. The molecule has 2 atom stereocenters. The topological polar surface area (TPSA) is 114 Å². The molecule has 4 rings (SSSR count). The van der Waals surface area contributed by atoms with Crippen molar-refractivity contribution < 1.29 is 41.2 Å². The first-order valence-corrected chi connectivity index (χ1v) is 13.8. The fraction of sp³-hybridized carbons (Fsp3) is 0.423. The number of fused-ring (bicyclic) bond motifs is 1. The molecule has 0 aromatic heterocycles. The molecule has 2 aromatic carbocycles. The SMILES string of the molecule is C[C@@H](C(=O)NC1CCCC1)N(C(=O)C[S@@](=O)CC(=O)Nc1ccc2c(c1)OCO2)c1cccc(C(F)(F)F)c1. The first kappa shape index (κ1) is 28.4. The number of ether oxygens (including phenoxy) is 2. The van der Waals surface area contributed by atoms with Gasteiger partial charge in [0.2, 0.25) is 24.5 Å². The predicted octanol–water partition coefficient (Wildman–Crippen LogP) is 3.60. The molecule has 1 aliphatic heterocycles. The number of halogens is 3. The fourth-order valence-corrected chi connectivity index (χ4v) is 5.38. The molecule has 2 N–H and O–H groups in total. The third-order valence-corrected chi connectivity index (χ3v) is 7.57. The van der Waals surface area contributed by atoms with Crippen molar-refractivity contribution in [3.63, 3.8) is 0 Å². The molecule has 1 fully saturated rings. The quantitative estimate of drug-likeness (QED) is 0.479. The Morgan fingerprint density at radius 3 is 2.49 bits per heavy atom. The van der Waals surface area contributed by atoms with Gasteiger partial charge in [0.1, 0.15) is 17.5 Å². The van der Waals surface area contributed by atoms with Crippen molar-refractivity contribution in [1.82, 2.24) is 5.32 Å². The number of hydrogen-bond acceptors (Lipinski definition) is 6. The highest BCUT2D eigenvalue weighted by Crippen LogP contribution is 2.34. The zero-order chi connectivity index (χ0) is 28.2. The van der Waals surface area contributed by atoms with E-state index in [1.165, 1.54) is 19.1 Å². The molecule has 0 unspecified atom stereocenters. The molecular weight excluding hydrogens is 539 g/mol. The number of carbonyl (C=O) groups excluding carboxylic acids is 3. The molecule has 3 amide bonds. The van der Waals surface area contributed by atoms with Crippen molar-refractivity contribution in [2.75, 3.05) is 28.5 Å². The van der Waals surface area contributed by atoms with E-state index in [4.69, 9.17) is 9.47 Å². The second kappa shape index (κ2) is 12.1. The van der Waals surface area contributed by atoms with Gasteiger partial charge in [0, 0.05) is 34.3 Å². The Labute approximate surface area is 225 Å². The van der Waals surface area contributed by atoms with Crippen molar-refractivity contribution >= 4 is 39.9 Å². The van der Waals surface area contributed by atoms with Gasteiger partial charge in [0.15, 0.2) is 11.5 Å². The van der Waals surface area contributed by atoms with Gasteiger partial charge >= 0.3 is 6.18 Å². The zero-order valence-electron chi connectivity index (χ0n) is 21.1. The smallest absolute Gasteiger partial charge is 0.416 e. The number of alkyl halides is 3. The number of benzene rings is 2. The highest BCUT2D eigenvalue weighted by atomic mass is 32.2. The lowest BCUT2D eigenvalue weighted by Crippen LogP contribution is -2.51. The largest absolute Gasteiger partial charge is 0.454 e. The van der Waals surface area contributed by atoms with E-state index in [-0.39, 0.29) is 18.5 Å². The van der Waals surface area contributed by atoms with Crippen LogP contribution in [0.1, 0.15) is 38.2 Å². The van der Waals surface area contributed by atoms with Crippen LogP contribution in [-0.2, 0) is 31.4 Å². The van der Waals surface area contributed by atoms with Crippen LogP contribution in [0.3, 0.4) is 0 Å². The lowest BCUT2D eigenvalue weighted by atomic mass is 10.1. The van der Waals surface area contributed by atoms with Crippen molar-refractivity contribution in [2.24, 2.45) is 0 Å². The minimum absolute atomic E-state index is 0.0539. The fourth-order valence-electron chi connectivity index (χ4n) is 4.50. The third-order valence-electron chi connectivity index (χ3n) is 6.42. The highest BCUT2D eigenvalue weighted by molar-refractivity contribution is 7.86. The standard InChI is InChI=1S/C26H28F3N3O6S/c1-16(25(35)31-18-6-2-3-7-18)32(20-8-4-5-17(11-20)26(27,28)29)24(34)14-39(36)13-23(33)30-19-9-10-21-22(12-19)38-15-37-21/h4-5,8-12,16,18H,2-3,6-7,13-15H2,1H3,(H,30,33)(H,31,35)/t16-,39-/m0/s1. The van der Waals surface area contributed by atoms with Crippen molar-refractivity contribution in [3.05, 3.63) is 48.0 Å². The van der Waals surface area contributed by atoms with Crippen LogP contribution in [-0.4, -0.2) is 52.3 Å². The Kier molecular flexibility index (Phi) is 8.78. The molecule has 1 saturated carbocycles. The van der Waals surface area contributed by atoms with E-state index in [9.17, 15) is 31.8 Å². The van der Waals surface area contributed by atoms with Crippen LogP contribution in [0, 0.1) is 0 Å². The van der Waals surface area contributed by atoms with Gasteiger partial charge in [-0.05, 0) is 50.1 Å². The van der Waals surface area contributed by atoms with Crippen molar-refractivity contribution in [2.45, 2.75) is 50.9 Å². The number of rotatable bonds is 9. The van der Waals surface area contributed by atoms with Gasteiger partial charge in [-0.1, -0.05) is 18.9 Å². The second-order valence-electron chi connectivity index (χ2n) is 9.32. The third kappa shape index (κ3) is 7.28. The molecule has 2 aliphatic rings. The Hall–Kier alpha value is -3.61. The Morgan fingerprint density at radius 1 is 1.05 bits per heavy atom. The van der Waals surface area contributed by atoms with Gasteiger partial charge in [-0.2, -0.15) is 13.2 Å². The predicted molar refractivity (Wildman–Crippen MR) is 138 cm³/mol. The maximum Gasteiger partial charge on any atom is 0.416 e. The number of nitrogens with one attached hydrogen (secondary N) is 2. The average Bonchev–Trinajstić information content (AvgIpc) is 3.55. The van der Waals surface area contributed by atoms with Gasteiger partial charge in [-0.25, -0.2) is 0 Å². The summed E-state index contributed by atoms with van der Waals surface area (Å²) in [7, 11) is -2.02. The van der Waals surface area contributed by atoms with E-state index in [1.807, 2.05) is 0 Å². The second-order valence-corrected chi connectivity index (χ2v) is 10.8. The van der Waals surface area contributed by atoms with Crippen LogP contribution >= 0.6 is 0 Å². The molecule has 210 valence electrons. The molecule has 13 heteroatoms. The molecule has 0 radical (unpaired) electrons. The van der Waals surface area contributed by atoms with Gasteiger partial charge < -0.3 is 20.1 Å². The van der Waals surface area contributed by atoms with Crippen LogP contribution in [0.25, 0.3) is 0 Å². The molecule has 1 heterocycles. The summed E-state index contributed by atoms with van der Waals surface area (Å²) in [5.74, 6) is -2.28. The van der Waals surface area contributed by atoms with Gasteiger partial charge in [0.25, 0.3) is 0 Å². The minimum atomic E-state index is -4.67. The summed E-state index contributed by atoms with van der Waals surface area (Å²) in [6, 6.07) is 7.49. The van der Waals surface area contributed by atoms with Gasteiger partial charge in [-0.3, -0.25) is 23.5 Å². The van der Waals surface area contributed by atoms with Gasteiger partial charge in [0.05, 0.1) is 5.56 Å². The summed E-state index contributed by atoms with van der Waals surface area (Å²) < 4.78 is 63.3. The summed E-state index contributed by atoms with van der Waals surface area (Å²) in [5.41, 5.74) is -0.786. The summed E-state index contributed by atoms with van der Waals surface area (Å²) in [6.45, 7) is 1.45. The van der Waals surface area contributed by atoms with E-state index in [1.54, 1.807) is 12.1 Å². The van der Waals surface area contributed by atoms with E-state index in [2.05, 4.69) is 10.6 Å². The average molecular weight is 568 g/mol. The van der Waals surface area contributed by atoms with Crippen LogP contribution in [0.15, 0.2) is 42.5 Å². The van der Waals surface area contributed by atoms with Crippen LogP contribution in [0.4, 0.5) is 24.5 Å². The van der Waals surface area contributed by atoms with Crippen molar-refractivity contribution in [1.29, 1.82) is 0 Å². The van der Waals surface area contributed by atoms with Crippen LogP contribution in [0.5, 0.6) is 11.5 Å². The maximum absolute atomic E-state index is 13.4. The first-order chi connectivity index (χ1) is 18.5.